The molecule has 0 amide bonds. The molecule has 1 aromatic carbocycles. The SMILES string of the molecule is Cc1cc(C)cc(-c2n[nH]c3c2CNC3)c1. The van der Waals surface area contributed by atoms with Crippen LogP contribution in [0, 0.1) is 13.8 Å². The van der Waals surface area contributed by atoms with E-state index in [-0.39, 0.29) is 0 Å². The van der Waals surface area contributed by atoms with Crippen molar-refractivity contribution in [2.24, 2.45) is 0 Å². The summed E-state index contributed by atoms with van der Waals surface area (Å²) in [6, 6.07) is 6.58. The van der Waals surface area contributed by atoms with Gasteiger partial charge in [0.2, 0.25) is 0 Å². The minimum Gasteiger partial charge on any atom is -0.307 e. The lowest BCUT2D eigenvalue weighted by molar-refractivity contribution is 0.743. The van der Waals surface area contributed by atoms with E-state index in [9.17, 15) is 0 Å². The predicted molar refractivity (Wildman–Crippen MR) is 64.0 cm³/mol. The van der Waals surface area contributed by atoms with Crippen LogP contribution in [0.25, 0.3) is 11.3 Å². The molecule has 0 atom stereocenters. The molecule has 3 heteroatoms. The van der Waals surface area contributed by atoms with Crippen LogP contribution >= 0.6 is 0 Å². The van der Waals surface area contributed by atoms with Crippen molar-refractivity contribution in [2.45, 2.75) is 26.9 Å². The molecule has 1 aliphatic heterocycles. The maximum atomic E-state index is 4.43. The molecule has 0 saturated heterocycles. The van der Waals surface area contributed by atoms with Crippen LogP contribution < -0.4 is 5.32 Å². The first-order chi connectivity index (χ1) is 7.74. The molecule has 0 unspecified atom stereocenters. The van der Waals surface area contributed by atoms with Gasteiger partial charge in [-0.25, -0.2) is 0 Å². The number of hydrogen-bond donors (Lipinski definition) is 2. The highest BCUT2D eigenvalue weighted by Gasteiger charge is 2.18. The van der Waals surface area contributed by atoms with Gasteiger partial charge in [-0.15, -0.1) is 0 Å². The Morgan fingerprint density at radius 1 is 1.06 bits per heavy atom. The summed E-state index contributed by atoms with van der Waals surface area (Å²) in [6.07, 6.45) is 0. The minimum atomic E-state index is 0.910. The van der Waals surface area contributed by atoms with Gasteiger partial charge in [0.05, 0.1) is 11.4 Å². The van der Waals surface area contributed by atoms with Gasteiger partial charge in [-0.3, -0.25) is 5.10 Å². The van der Waals surface area contributed by atoms with E-state index < -0.39 is 0 Å². The smallest absolute Gasteiger partial charge is 0.0969 e. The van der Waals surface area contributed by atoms with Crippen molar-refractivity contribution in [2.75, 3.05) is 0 Å². The summed E-state index contributed by atoms with van der Waals surface area (Å²) in [6.45, 7) is 6.09. The standard InChI is InChI=1S/C13H15N3/c1-8-3-9(2)5-10(4-8)13-11-6-14-7-12(11)15-16-13/h3-5,14H,6-7H2,1-2H3,(H,15,16). The number of nitrogens with one attached hydrogen (secondary N) is 2. The summed E-state index contributed by atoms with van der Waals surface area (Å²) in [5.74, 6) is 0. The molecule has 0 radical (unpaired) electrons. The van der Waals surface area contributed by atoms with Gasteiger partial charge < -0.3 is 5.32 Å². The second kappa shape index (κ2) is 3.46. The Morgan fingerprint density at radius 3 is 2.56 bits per heavy atom. The van der Waals surface area contributed by atoms with Gasteiger partial charge >= 0.3 is 0 Å². The molecule has 3 nitrogen and oxygen atoms in total. The molecule has 0 saturated carbocycles. The molecular weight excluding hydrogens is 198 g/mol. The van der Waals surface area contributed by atoms with Gasteiger partial charge in [0, 0.05) is 24.2 Å². The van der Waals surface area contributed by atoms with Crippen LogP contribution in [0.1, 0.15) is 22.4 Å². The van der Waals surface area contributed by atoms with E-state index in [1.165, 1.54) is 27.9 Å². The third-order valence-corrected chi connectivity index (χ3v) is 3.05. The first-order valence-corrected chi connectivity index (χ1v) is 5.59. The third kappa shape index (κ3) is 1.44. The zero-order valence-electron chi connectivity index (χ0n) is 9.59. The normalized spacial score (nSPS) is 14.1. The molecule has 16 heavy (non-hydrogen) atoms. The zero-order chi connectivity index (χ0) is 11.1. The largest absolute Gasteiger partial charge is 0.307 e. The van der Waals surface area contributed by atoms with Gasteiger partial charge in [-0.05, 0) is 26.0 Å². The molecular formula is C13H15N3. The van der Waals surface area contributed by atoms with Crippen molar-refractivity contribution in [1.29, 1.82) is 0 Å². The second-order valence-electron chi connectivity index (χ2n) is 4.51. The Hall–Kier alpha value is -1.61. The van der Waals surface area contributed by atoms with Crippen molar-refractivity contribution in [3.8, 4) is 11.3 Å². The van der Waals surface area contributed by atoms with Crippen LogP contribution in [0.4, 0.5) is 0 Å². The molecule has 0 aliphatic carbocycles. The van der Waals surface area contributed by atoms with E-state index in [1.54, 1.807) is 0 Å². The third-order valence-electron chi connectivity index (χ3n) is 3.05. The summed E-state index contributed by atoms with van der Waals surface area (Å²) in [5.41, 5.74) is 7.46. The van der Waals surface area contributed by atoms with Gasteiger partial charge in [0.25, 0.3) is 0 Å². The van der Waals surface area contributed by atoms with E-state index >= 15 is 0 Å². The second-order valence-corrected chi connectivity index (χ2v) is 4.51. The number of aromatic nitrogens is 2. The molecule has 1 aromatic heterocycles. The molecule has 0 bridgehead atoms. The molecule has 82 valence electrons. The van der Waals surface area contributed by atoms with E-state index in [0.717, 1.165) is 18.8 Å². The zero-order valence-corrected chi connectivity index (χ0v) is 9.59. The molecule has 3 rings (SSSR count). The quantitative estimate of drug-likeness (QED) is 0.763. The van der Waals surface area contributed by atoms with Crippen LogP contribution in [0.15, 0.2) is 18.2 Å². The van der Waals surface area contributed by atoms with Crippen molar-refractivity contribution in [3.05, 3.63) is 40.6 Å². The number of hydrogen-bond acceptors (Lipinski definition) is 2. The van der Waals surface area contributed by atoms with Crippen molar-refractivity contribution in [3.63, 3.8) is 0 Å². The first kappa shape index (κ1) is 9.60. The summed E-state index contributed by atoms with van der Waals surface area (Å²) >= 11 is 0. The molecule has 1 aliphatic rings. The highest BCUT2D eigenvalue weighted by molar-refractivity contribution is 5.66. The predicted octanol–water partition coefficient (Wildman–Crippen LogP) is 2.30. The Kier molecular flexibility index (Phi) is 2.07. The van der Waals surface area contributed by atoms with Crippen molar-refractivity contribution in [1.82, 2.24) is 15.5 Å². The lowest BCUT2D eigenvalue weighted by Crippen LogP contribution is -2.02. The number of aryl methyl sites for hydroxylation is 2. The molecule has 0 spiro atoms. The number of benzene rings is 1. The van der Waals surface area contributed by atoms with Crippen LogP contribution in [0.2, 0.25) is 0 Å². The Balaban J connectivity index is 2.15. The van der Waals surface area contributed by atoms with Crippen LogP contribution in [0.3, 0.4) is 0 Å². The van der Waals surface area contributed by atoms with Gasteiger partial charge in [0.15, 0.2) is 0 Å². The maximum Gasteiger partial charge on any atom is 0.0969 e. The van der Waals surface area contributed by atoms with E-state index in [0.29, 0.717) is 0 Å². The number of aromatic amines is 1. The van der Waals surface area contributed by atoms with E-state index in [4.69, 9.17) is 0 Å². The average Bonchev–Trinajstić information content (AvgIpc) is 2.75. The van der Waals surface area contributed by atoms with Crippen LogP contribution in [0.5, 0.6) is 0 Å². The highest BCUT2D eigenvalue weighted by atomic mass is 15.2. The number of nitrogens with zero attached hydrogens (tertiary/aromatic N) is 1. The van der Waals surface area contributed by atoms with Gasteiger partial charge in [-0.1, -0.05) is 17.2 Å². The lowest BCUT2D eigenvalue weighted by Gasteiger charge is -2.03. The summed E-state index contributed by atoms with van der Waals surface area (Å²) < 4.78 is 0. The Bertz CT molecular complexity index is 520. The summed E-state index contributed by atoms with van der Waals surface area (Å²) in [4.78, 5) is 0. The van der Waals surface area contributed by atoms with E-state index in [2.05, 4.69) is 47.6 Å². The Labute approximate surface area is 94.9 Å². The minimum absolute atomic E-state index is 0.910. The van der Waals surface area contributed by atoms with Crippen molar-refractivity contribution < 1.29 is 0 Å². The lowest BCUT2D eigenvalue weighted by atomic mass is 10.0. The van der Waals surface area contributed by atoms with Crippen LogP contribution in [-0.4, -0.2) is 10.2 Å². The fourth-order valence-corrected chi connectivity index (χ4v) is 2.40. The first-order valence-electron chi connectivity index (χ1n) is 5.59. The molecule has 0 fully saturated rings. The molecule has 2 aromatic rings. The molecule has 2 heterocycles. The maximum absolute atomic E-state index is 4.43. The van der Waals surface area contributed by atoms with Crippen LogP contribution in [-0.2, 0) is 13.1 Å². The highest BCUT2D eigenvalue weighted by Crippen LogP contribution is 2.27. The Morgan fingerprint density at radius 2 is 1.81 bits per heavy atom. The summed E-state index contributed by atoms with van der Waals surface area (Å²) in [7, 11) is 0. The molecule has 2 N–H and O–H groups in total. The van der Waals surface area contributed by atoms with Gasteiger partial charge in [0.1, 0.15) is 0 Å². The van der Waals surface area contributed by atoms with Gasteiger partial charge in [-0.2, -0.15) is 5.10 Å². The fourth-order valence-electron chi connectivity index (χ4n) is 2.40. The van der Waals surface area contributed by atoms with E-state index in [1.807, 2.05) is 0 Å². The average molecular weight is 213 g/mol. The monoisotopic (exact) mass is 213 g/mol. The summed E-state index contributed by atoms with van der Waals surface area (Å²) in [5, 5.41) is 10.9. The van der Waals surface area contributed by atoms with Crippen molar-refractivity contribution >= 4 is 0 Å². The number of H-pyrrole nitrogens is 1. The number of fused-ring (bicyclic) bond motifs is 1. The fraction of sp³-hybridized carbons (Fsp3) is 0.308. The number of rotatable bonds is 1. The topological polar surface area (TPSA) is 40.7 Å².